The first kappa shape index (κ1) is 24.9. The first-order chi connectivity index (χ1) is 11.0. The van der Waals surface area contributed by atoms with Crippen LogP contribution < -0.4 is 0 Å². The number of hydrogen-bond acceptors (Lipinski definition) is 3. The molecule has 0 radical (unpaired) electrons. The summed E-state index contributed by atoms with van der Waals surface area (Å²) in [5, 5.41) is 0. The van der Waals surface area contributed by atoms with Gasteiger partial charge in [-0.2, -0.15) is 26.3 Å². The van der Waals surface area contributed by atoms with Gasteiger partial charge in [0.15, 0.2) is 8.45 Å². The molecule has 0 saturated carbocycles. The average molecular weight is 398 g/mol. The van der Waals surface area contributed by atoms with Crippen molar-refractivity contribution in [3.8, 4) is 0 Å². The van der Waals surface area contributed by atoms with E-state index in [0.717, 1.165) is 0 Å². The Labute approximate surface area is 147 Å². The second-order valence-corrected chi connectivity index (χ2v) is 8.60. The van der Waals surface area contributed by atoms with Crippen molar-refractivity contribution in [1.29, 1.82) is 0 Å². The maximum atomic E-state index is 13.0. The Bertz CT molecular complexity index is 348. The molecule has 0 aliphatic heterocycles. The fourth-order valence-corrected chi connectivity index (χ4v) is 5.07. The Balaban J connectivity index is 6.11. The maximum absolute atomic E-state index is 13.0. The predicted molar refractivity (Wildman–Crippen MR) is 88.1 cm³/mol. The van der Waals surface area contributed by atoms with E-state index in [-0.39, 0.29) is 24.2 Å². The van der Waals surface area contributed by atoms with Gasteiger partial charge in [-0.15, -0.1) is 0 Å². The quantitative estimate of drug-likeness (QED) is 0.371. The highest BCUT2D eigenvalue weighted by Crippen LogP contribution is 2.55. The first-order valence-electron chi connectivity index (χ1n) is 8.18. The van der Waals surface area contributed by atoms with Crippen molar-refractivity contribution in [2.45, 2.75) is 98.0 Å². The Morgan fingerprint density at radius 3 is 1.00 bits per heavy atom. The lowest BCUT2D eigenvalue weighted by molar-refractivity contribution is -0.300. The second kappa shape index (κ2) is 9.20. The van der Waals surface area contributed by atoms with Crippen molar-refractivity contribution in [3.05, 3.63) is 0 Å². The van der Waals surface area contributed by atoms with Crippen LogP contribution >= 0.6 is 8.45 Å². The van der Waals surface area contributed by atoms with Crippen LogP contribution in [0.25, 0.3) is 0 Å². The summed E-state index contributed by atoms with van der Waals surface area (Å²) in [4.78, 5) is 0. The summed E-state index contributed by atoms with van der Waals surface area (Å²) >= 11 is 0. The molecule has 0 fully saturated rings. The van der Waals surface area contributed by atoms with Gasteiger partial charge >= 0.3 is 12.4 Å². The van der Waals surface area contributed by atoms with E-state index in [4.69, 9.17) is 4.52 Å². The molecule has 0 aromatic rings. The molecule has 152 valence electrons. The van der Waals surface area contributed by atoms with Gasteiger partial charge in [-0.1, -0.05) is 0 Å². The average Bonchev–Trinajstić information content (AvgIpc) is 2.30. The van der Waals surface area contributed by atoms with E-state index < -0.39 is 26.9 Å². The molecule has 0 aliphatic carbocycles. The van der Waals surface area contributed by atoms with Crippen LogP contribution in [0.1, 0.15) is 55.4 Å². The Morgan fingerprint density at radius 1 is 0.600 bits per heavy atom. The van der Waals surface area contributed by atoms with Crippen molar-refractivity contribution in [2.24, 2.45) is 0 Å². The van der Waals surface area contributed by atoms with Crippen LogP contribution in [0.4, 0.5) is 26.3 Å². The Kier molecular flexibility index (Phi) is 9.16. The van der Waals surface area contributed by atoms with Crippen molar-refractivity contribution in [3.63, 3.8) is 0 Å². The van der Waals surface area contributed by atoms with Gasteiger partial charge in [-0.05, 0) is 55.4 Å². The molecule has 3 nitrogen and oxygen atoms in total. The van der Waals surface area contributed by atoms with Gasteiger partial charge < -0.3 is 4.52 Å². The lowest BCUT2D eigenvalue weighted by Gasteiger charge is -2.46. The third-order valence-electron chi connectivity index (χ3n) is 3.31. The molecule has 0 saturated heterocycles. The Hall–Kier alpha value is -0.110. The van der Waals surface area contributed by atoms with Crippen LogP contribution in [-0.2, 0) is 4.52 Å². The molecule has 0 bridgehead atoms. The number of rotatable bonds is 8. The van der Waals surface area contributed by atoms with Gasteiger partial charge in [-0.25, -0.2) is 9.34 Å². The van der Waals surface area contributed by atoms with Gasteiger partial charge in [0.2, 0.25) is 0 Å². The van der Waals surface area contributed by atoms with Gasteiger partial charge in [0.1, 0.15) is 0 Å². The van der Waals surface area contributed by atoms with E-state index in [0.29, 0.717) is 0 Å². The highest BCUT2D eigenvalue weighted by atomic mass is 31.2. The van der Waals surface area contributed by atoms with Gasteiger partial charge in [0, 0.05) is 24.2 Å². The zero-order chi connectivity index (χ0) is 20.3. The highest BCUT2D eigenvalue weighted by molar-refractivity contribution is 7.47. The van der Waals surface area contributed by atoms with Crippen molar-refractivity contribution in [1.82, 2.24) is 9.34 Å². The van der Waals surface area contributed by atoms with Gasteiger partial charge in [-0.3, -0.25) is 0 Å². The monoisotopic (exact) mass is 398 g/mol. The fourth-order valence-electron chi connectivity index (χ4n) is 2.61. The standard InChI is InChI=1S/C15H29F6N2OP/c1-9(2)22(10(3)4)25(23(11(5)6)12(7)8)24-13(14(16,17)18)15(19,20)21/h9-13H,1-8H3. The summed E-state index contributed by atoms with van der Waals surface area (Å²) in [6.07, 6.45) is -14.9. The van der Waals surface area contributed by atoms with E-state index >= 15 is 0 Å². The van der Waals surface area contributed by atoms with Gasteiger partial charge in [0.05, 0.1) is 0 Å². The molecule has 0 atom stereocenters. The summed E-state index contributed by atoms with van der Waals surface area (Å²) in [5.41, 5.74) is 0. The third-order valence-corrected chi connectivity index (χ3v) is 6.34. The molecule has 0 rings (SSSR count). The first-order valence-corrected chi connectivity index (χ1v) is 9.35. The molecule has 0 spiro atoms. The topological polar surface area (TPSA) is 15.7 Å². The SMILES string of the molecule is CC(C)N(C(C)C)P(OC(C(F)(F)F)C(F)(F)F)N(C(C)C)C(C)C. The van der Waals surface area contributed by atoms with Crippen molar-refractivity contribution >= 4 is 8.45 Å². The summed E-state index contributed by atoms with van der Waals surface area (Å²) < 4.78 is 86.2. The smallest absolute Gasteiger partial charge is 0.309 e. The molecule has 0 amide bonds. The van der Waals surface area contributed by atoms with Crippen molar-refractivity contribution < 1.29 is 30.9 Å². The van der Waals surface area contributed by atoms with Crippen LogP contribution in [0.15, 0.2) is 0 Å². The van der Waals surface area contributed by atoms with E-state index in [9.17, 15) is 26.3 Å². The fraction of sp³-hybridized carbons (Fsp3) is 1.00. The molecule has 25 heavy (non-hydrogen) atoms. The van der Waals surface area contributed by atoms with Crippen LogP contribution in [0, 0.1) is 0 Å². The minimum absolute atomic E-state index is 0.284. The van der Waals surface area contributed by atoms with Crippen LogP contribution in [0.5, 0.6) is 0 Å². The molecule has 0 aliphatic rings. The maximum Gasteiger partial charge on any atom is 0.424 e. The third kappa shape index (κ3) is 7.19. The molecule has 10 heteroatoms. The second-order valence-electron chi connectivity index (χ2n) is 6.96. The van der Waals surface area contributed by atoms with E-state index in [1.54, 1.807) is 64.7 Å². The largest absolute Gasteiger partial charge is 0.424 e. The van der Waals surface area contributed by atoms with E-state index in [1.165, 1.54) is 0 Å². The Morgan fingerprint density at radius 2 is 0.840 bits per heavy atom. The normalized spacial score (nSPS) is 14.6. The molecule has 0 unspecified atom stereocenters. The molecular weight excluding hydrogens is 369 g/mol. The minimum Gasteiger partial charge on any atom is -0.309 e. The van der Waals surface area contributed by atoms with E-state index in [1.807, 2.05) is 0 Å². The molecule has 0 aromatic carbocycles. The van der Waals surface area contributed by atoms with Crippen LogP contribution in [0.3, 0.4) is 0 Å². The summed E-state index contributed by atoms with van der Waals surface area (Å²) in [5.74, 6) is 0. The van der Waals surface area contributed by atoms with Gasteiger partial charge in [0.25, 0.3) is 6.10 Å². The van der Waals surface area contributed by atoms with Crippen molar-refractivity contribution in [2.75, 3.05) is 0 Å². The molecule has 0 heterocycles. The number of halogens is 6. The molecule has 0 aromatic heterocycles. The molecular formula is C15H29F6N2OP. The summed E-state index contributed by atoms with van der Waals surface area (Å²) in [6.45, 7) is 13.8. The predicted octanol–water partition coefficient (Wildman–Crippen LogP) is 5.96. The van der Waals surface area contributed by atoms with Crippen LogP contribution in [-0.4, -0.2) is 52.0 Å². The lowest BCUT2D eigenvalue weighted by Crippen LogP contribution is -2.49. The van der Waals surface area contributed by atoms with Crippen LogP contribution in [0.2, 0.25) is 0 Å². The zero-order valence-corrected chi connectivity index (χ0v) is 16.8. The minimum atomic E-state index is -5.53. The number of hydrogen-bond donors (Lipinski definition) is 0. The lowest BCUT2D eigenvalue weighted by atomic mass is 10.3. The van der Waals surface area contributed by atoms with E-state index in [2.05, 4.69) is 0 Å². The summed E-state index contributed by atoms with van der Waals surface area (Å²) in [6, 6.07) is -1.14. The summed E-state index contributed by atoms with van der Waals surface area (Å²) in [7, 11) is -2.29. The number of nitrogens with zero attached hydrogens (tertiary/aromatic N) is 2. The molecule has 0 N–H and O–H groups in total. The zero-order valence-electron chi connectivity index (χ0n) is 15.9. The number of alkyl halides is 6. The highest BCUT2D eigenvalue weighted by Gasteiger charge is 2.60.